The SMILES string of the molecule is Cc1c(CCl)cc2ccsc2c1N. The first-order valence-corrected chi connectivity index (χ1v) is 5.46. The van der Waals surface area contributed by atoms with Gasteiger partial charge in [0, 0.05) is 5.88 Å². The minimum absolute atomic E-state index is 0.530. The van der Waals surface area contributed by atoms with Crippen LogP contribution in [0.2, 0.25) is 0 Å². The van der Waals surface area contributed by atoms with Gasteiger partial charge in [-0.3, -0.25) is 0 Å². The molecule has 0 atom stereocenters. The van der Waals surface area contributed by atoms with Gasteiger partial charge in [0.15, 0.2) is 0 Å². The first kappa shape index (κ1) is 8.85. The number of hydrogen-bond donors (Lipinski definition) is 1. The molecule has 1 aromatic heterocycles. The van der Waals surface area contributed by atoms with E-state index in [2.05, 4.69) is 17.5 Å². The lowest BCUT2D eigenvalue weighted by molar-refractivity contribution is 1.33. The minimum Gasteiger partial charge on any atom is -0.397 e. The maximum atomic E-state index is 5.99. The van der Waals surface area contributed by atoms with Crippen molar-refractivity contribution in [3.63, 3.8) is 0 Å². The zero-order valence-electron chi connectivity index (χ0n) is 7.30. The summed E-state index contributed by atoms with van der Waals surface area (Å²) in [4.78, 5) is 0. The lowest BCUT2D eigenvalue weighted by Gasteiger charge is -2.06. The lowest BCUT2D eigenvalue weighted by atomic mass is 10.1. The molecule has 13 heavy (non-hydrogen) atoms. The van der Waals surface area contributed by atoms with E-state index in [4.69, 9.17) is 17.3 Å². The Balaban J connectivity index is 2.83. The maximum absolute atomic E-state index is 5.99. The van der Waals surface area contributed by atoms with Crippen LogP contribution < -0.4 is 5.73 Å². The molecule has 0 aliphatic carbocycles. The van der Waals surface area contributed by atoms with Crippen molar-refractivity contribution in [2.24, 2.45) is 0 Å². The molecule has 0 spiro atoms. The van der Waals surface area contributed by atoms with Crippen LogP contribution in [0.4, 0.5) is 5.69 Å². The van der Waals surface area contributed by atoms with Crippen LogP contribution >= 0.6 is 22.9 Å². The van der Waals surface area contributed by atoms with Gasteiger partial charge in [0.25, 0.3) is 0 Å². The Morgan fingerprint density at radius 2 is 2.31 bits per heavy atom. The predicted molar refractivity (Wildman–Crippen MR) is 60.5 cm³/mol. The molecule has 0 aliphatic heterocycles. The minimum atomic E-state index is 0.530. The van der Waals surface area contributed by atoms with Gasteiger partial charge in [0.05, 0.1) is 10.4 Å². The molecule has 3 heteroatoms. The van der Waals surface area contributed by atoms with Gasteiger partial charge in [-0.2, -0.15) is 0 Å². The summed E-state index contributed by atoms with van der Waals surface area (Å²) in [6.07, 6.45) is 0. The molecule has 0 amide bonds. The van der Waals surface area contributed by atoms with Gasteiger partial charge in [-0.15, -0.1) is 22.9 Å². The molecule has 1 heterocycles. The molecule has 0 fully saturated rings. The van der Waals surface area contributed by atoms with Crippen molar-refractivity contribution < 1.29 is 0 Å². The predicted octanol–water partition coefficient (Wildman–Crippen LogP) is 3.53. The van der Waals surface area contributed by atoms with E-state index < -0.39 is 0 Å². The average molecular weight is 212 g/mol. The highest BCUT2D eigenvalue weighted by molar-refractivity contribution is 7.17. The van der Waals surface area contributed by atoms with Gasteiger partial charge < -0.3 is 5.73 Å². The molecule has 2 aromatic rings. The molecule has 1 nitrogen and oxygen atoms in total. The highest BCUT2D eigenvalue weighted by Crippen LogP contribution is 2.32. The quantitative estimate of drug-likeness (QED) is 0.567. The molecule has 0 aliphatic rings. The molecule has 0 saturated heterocycles. The van der Waals surface area contributed by atoms with Crippen molar-refractivity contribution in [2.75, 3.05) is 5.73 Å². The molecular formula is C10H10ClNS. The van der Waals surface area contributed by atoms with Gasteiger partial charge in [-0.25, -0.2) is 0 Å². The van der Waals surface area contributed by atoms with Crippen molar-refractivity contribution in [1.82, 2.24) is 0 Å². The summed E-state index contributed by atoms with van der Waals surface area (Å²) in [6, 6.07) is 4.19. The Hall–Kier alpha value is -0.730. The third-order valence-corrected chi connectivity index (χ3v) is 3.55. The number of alkyl halides is 1. The molecule has 68 valence electrons. The first-order chi connectivity index (χ1) is 6.24. The third kappa shape index (κ3) is 1.30. The summed E-state index contributed by atoms with van der Waals surface area (Å²) in [7, 11) is 0. The smallest absolute Gasteiger partial charge is 0.0575 e. The summed E-state index contributed by atoms with van der Waals surface area (Å²) in [5.74, 6) is 0.530. The topological polar surface area (TPSA) is 26.0 Å². The van der Waals surface area contributed by atoms with Crippen LogP contribution in [0.15, 0.2) is 17.5 Å². The number of benzene rings is 1. The Labute approximate surface area is 86.1 Å². The van der Waals surface area contributed by atoms with Gasteiger partial charge in [0.1, 0.15) is 0 Å². The van der Waals surface area contributed by atoms with Crippen molar-refractivity contribution in [1.29, 1.82) is 0 Å². The number of nitrogens with two attached hydrogens (primary N) is 1. The van der Waals surface area contributed by atoms with E-state index in [-0.39, 0.29) is 0 Å². The summed E-state index contributed by atoms with van der Waals surface area (Å²) in [5, 5.41) is 3.25. The van der Waals surface area contributed by atoms with Crippen molar-refractivity contribution in [2.45, 2.75) is 12.8 Å². The van der Waals surface area contributed by atoms with E-state index >= 15 is 0 Å². The maximum Gasteiger partial charge on any atom is 0.0575 e. The van der Waals surface area contributed by atoms with E-state index in [1.54, 1.807) is 11.3 Å². The second kappa shape index (κ2) is 3.20. The Kier molecular flexibility index (Phi) is 2.18. The molecule has 0 saturated carbocycles. The molecule has 0 unspecified atom stereocenters. The molecular weight excluding hydrogens is 202 g/mol. The van der Waals surface area contributed by atoms with Gasteiger partial charge in [-0.1, -0.05) is 0 Å². The second-order valence-electron chi connectivity index (χ2n) is 3.05. The van der Waals surface area contributed by atoms with Crippen molar-refractivity contribution >= 4 is 38.7 Å². The number of nitrogen functional groups attached to an aromatic ring is 1. The average Bonchev–Trinajstić information content (AvgIpc) is 2.59. The fourth-order valence-corrected chi connectivity index (χ4v) is 2.60. The Morgan fingerprint density at radius 3 is 3.00 bits per heavy atom. The number of rotatable bonds is 1. The number of anilines is 1. The van der Waals surface area contributed by atoms with Crippen LogP contribution in [0, 0.1) is 6.92 Å². The van der Waals surface area contributed by atoms with Crippen LogP contribution in [0.25, 0.3) is 10.1 Å². The lowest BCUT2D eigenvalue weighted by Crippen LogP contribution is -1.93. The monoisotopic (exact) mass is 211 g/mol. The number of fused-ring (bicyclic) bond motifs is 1. The Morgan fingerprint density at radius 1 is 1.54 bits per heavy atom. The van der Waals surface area contributed by atoms with Crippen LogP contribution in [-0.2, 0) is 5.88 Å². The van der Waals surface area contributed by atoms with Crippen LogP contribution in [0.3, 0.4) is 0 Å². The van der Waals surface area contributed by atoms with Gasteiger partial charge in [-0.05, 0) is 40.9 Å². The number of hydrogen-bond acceptors (Lipinski definition) is 2. The number of thiophene rings is 1. The van der Waals surface area contributed by atoms with Crippen LogP contribution in [0.5, 0.6) is 0 Å². The van der Waals surface area contributed by atoms with Crippen molar-refractivity contribution in [3.8, 4) is 0 Å². The van der Waals surface area contributed by atoms with E-state index in [0.717, 1.165) is 16.8 Å². The Bertz CT molecular complexity index is 447. The molecule has 2 N–H and O–H groups in total. The second-order valence-corrected chi connectivity index (χ2v) is 4.23. The summed E-state index contributed by atoms with van der Waals surface area (Å²) in [5.41, 5.74) is 9.11. The standard InChI is InChI=1S/C10H10ClNS/c1-6-8(5-11)4-7-2-3-13-10(7)9(6)12/h2-4H,5,12H2,1H3. The summed E-state index contributed by atoms with van der Waals surface area (Å²) >= 11 is 7.50. The molecule has 0 radical (unpaired) electrons. The fraction of sp³-hybridized carbons (Fsp3) is 0.200. The zero-order chi connectivity index (χ0) is 9.42. The first-order valence-electron chi connectivity index (χ1n) is 4.05. The molecule has 2 rings (SSSR count). The van der Waals surface area contributed by atoms with E-state index in [9.17, 15) is 0 Å². The highest BCUT2D eigenvalue weighted by Gasteiger charge is 2.07. The number of halogens is 1. The van der Waals surface area contributed by atoms with Gasteiger partial charge >= 0.3 is 0 Å². The summed E-state index contributed by atoms with van der Waals surface area (Å²) < 4.78 is 1.17. The van der Waals surface area contributed by atoms with E-state index in [1.165, 1.54) is 10.1 Å². The van der Waals surface area contributed by atoms with Gasteiger partial charge in [0.2, 0.25) is 0 Å². The highest BCUT2D eigenvalue weighted by atomic mass is 35.5. The van der Waals surface area contributed by atoms with E-state index in [1.807, 2.05) is 6.92 Å². The normalized spacial score (nSPS) is 10.9. The van der Waals surface area contributed by atoms with E-state index in [0.29, 0.717) is 5.88 Å². The van der Waals surface area contributed by atoms with Crippen LogP contribution in [0.1, 0.15) is 11.1 Å². The molecule has 1 aromatic carbocycles. The largest absolute Gasteiger partial charge is 0.397 e. The van der Waals surface area contributed by atoms with Crippen molar-refractivity contribution in [3.05, 3.63) is 28.6 Å². The zero-order valence-corrected chi connectivity index (χ0v) is 8.88. The molecule has 0 bridgehead atoms. The fourth-order valence-electron chi connectivity index (χ4n) is 1.43. The van der Waals surface area contributed by atoms with Crippen LogP contribution in [-0.4, -0.2) is 0 Å². The summed E-state index contributed by atoms with van der Waals surface area (Å²) in [6.45, 7) is 2.02. The third-order valence-electron chi connectivity index (χ3n) is 2.30.